The van der Waals surface area contributed by atoms with Crippen molar-refractivity contribution in [3.05, 3.63) is 53.4 Å². The maximum atomic E-state index is 15.2. The van der Waals surface area contributed by atoms with Crippen LogP contribution in [0.5, 0.6) is 0 Å². The highest BCUT2D eigenvalue weighted by atomic mass is 19.4. The monoisotopic (exact) mass is 640 g/mol. The number of fused-ring (bicyclic) bond motifs is 1. The zero-order valence-electron chi connectivity index (χ0n) is 23.9. The van der Waals surface area contributed by atoms with Crippen LogP contribution >= 0.6 is 0 Å². The molecule has 3 aromatic rings. The van der Waals surface area contributed by atoms with E-state index in [4.69, 9.17) is 24.6 Å². The van der Waals surface area contributed by atoms with Crippen LogP contribution in [0, 0.1) is 17.6 Å². The van der Waals surface area contributed by atoms with Gasteiger partial charge in [-0.3, -0.25) is 4.79 Å². The zero-order valence-corrected chi connectivity index (χ0v) is 23.9. The third-order valence-corrected chi connectivity index (χ3v) is 7.74. The molecule has 10 nitrogen and oxygen atoms in total. The van der Waals surface area contributed by atoms with Crippen LogP contribution in [0.15, 0.2) is 30.5 Å². The highest BCUT2D eigenvalue weighted by molar-refractivity contribution is 6.03. The fraction of sp³-hybridized carbons (Fsp3) is 0.483. The molecule has 1 aliphatic carbocycles. The summed E-state index contributed by atoms with van der Waals surface area (Å²) < 4.78 is 79.9. The number of pyridine rings is 1. The minimum absolute atomic E-state index is 0.108. The Morgan fingerprint density at radius 1 is 1.00 bits per heavy atom. The average Bonchev–Trinajstić information content (AvgIpc) is 3.84. The van der Waals surface area contributed by atoms with Crippen molar-refractivity contribution in [2.45, 2.75) is 44.1 Å². The van der Waals surface area contributed by atoms with Crippen molar-refractivity contribution >= 4 is 34.5 Å². The topological polar surface area (TPSA) is 121 Å². The summed E-state index contributed by atoms with van der Waals surface area (Å²) in [5.74, 6) is -3.71. The summed E-state index contributed by atoms with van der Waals surface area (Å²) >= 11 is 0. The van der Waals surface area contributed by atoms with E-state index in [0.717, 1.165) is 25.0 Å². The number of carboxylic acid groups (broad SMARTS) is 1. The first-order valence-electron chi connectivity index (χ1n) is 14.4. The molecule has 1 atom stereocenters. The van der Waals surface area contributed by atoms with Gasteiger partial charge in [0.05, 0.1) is 18.7 Å². The smallest absolute Gasteiger partial charge is 0.475 e. The van der Waals surface area contributed by atoms with Gasteiger partial charge in [0.1, 0.15) is 23.3 Å². The third kappa shape index (κ3) is 7.72. The third-order valence-electron chi connectivity index (χ3n) is 7.74. The quantitative estimate of drug-likeness (QED) is 0.362. The number of aliphatic carboxylic acids is 1. The van der Waals surface area contributed by atoms with Crippen LogP contribution < -0.4 is 10.2 Å². The first kappa shape index (κ1) is 32.2. The number of morpholine rings is 1. The molecule has 2 aromatic heterocycles. The van der Waals surface area contributed by atoms with E-state index in [2.05, 4.69) is 10.3 Å². The van der Waals surface area contributed by atoms with Gasteiger partial charge in [-0.2, -0.15) is 13.2 Å². The van der Waals surface area contributed by atoms with E-state index in [1.807, 2.05) is 4.90 Å². The summed E-state index contributed by atoms with van der Waals surface area (Å²) in [4.78, 5) is 40.0. The van der Waals surface area contributed by atoms with Crippen LogP contribution in [-0.2, 0) is 9.53 Å². The van der Waals surface area contributed by atoms with E-state index in [0.29, 0.717) is 80.9 Å². The van der Waals surface area contributed by atoms with Gasteiger partial charge in [0.2, 0.25) is 0 Å². The van der Waals surface area contributed by atoms with Crippen molar-refractivity contribution in [2.75, 3.05) is 49.6 Å². The lowest BCUT2D eigenvalue weighted by Gasteiger charge is -2.35. The summed E-state index contributed by atoms with van der Waals surface area (Å²) in [7, 11) is 0. The summed E-state index contributed by atoms with van der Waals surface area (Å²) in [6.45, 7) is 2.92. The van der Waals surface area contributed by atoms with Gasteiger partial charge in [0.25, 0.3) is 5.91 Å². The molecule has 0 bridgehead atoms. The van der Waals surface area contributed by atoms with E-state index in [9.17, 15) is 26.7 Å². The normalized spacial score (nSPS) is 18.3. The molecule has 3 aliphatic rings. The Balaban J connectivity index is 0.000000515. The van der Waals surface area contributed by atoms with E-state index < -0.39 is 35.9 Å². The maximum absolute atomic E-state index is 15.2. The van der Waals surface area contributed by atoms with E-state index >= 15 is 4.39 Å². The average molecular weight is 641 g/mol. The largest absolute Gasteiger partial charge is 0.490 e. The second-order valence-corrected chi connectivity index (χ2v) is 10.9. The van der Waals surface area contributed by atoms with E-state index in [1.54, 1.807) is 17.2 Å². The molecule has 6 rings (SSSR count). The summed E-state index contributed by atoms with van der Waals surface area (Å²) in [6.07, 6.45) is -2.00. The number of nitrogens with zero attached hydrogens (tertiary/aromatic N) is 5. The van der Waals surface area contributed by atoms with Gasteiger partial charge in [-0.25, -0.2) is 32.9 Å². The number of anilines is 2. The molecule has 45 heavy (non-hydrogen) atoms. The van der Waals surface area contributed by atoms with Crippen LogP contribution in [0.25, 0.3) is 11.0 Å². The second kappa shape index (κ2) is 13.4. The zero-order chi connectivity index (χ0) is 32.3. The molecule has 2 aliphatic heterocycles. The van der Waals surface area contributed by atoms with Crippen LogP contribution in [0.1, 0.15) is 47.9 Å². The minimum Gasteiger partial charge on any atom is -0.475 e. The number of hydrogen-bond acceptors (Lipinski definition) is 8. The molecular weight excluding hydrogens is 610 g/mol. The van der Waals surface area contributed by atoms with Crippen LogP contribution in [0.2, 0.25) is 0 Å². The molecule has 2 saturated heterocycles. The van der Waals surface area contributed by atoms with Crippen molar-refractivity contribution < 1.29 is 45.8 Å². The van der Waals surface area contributed by atoms with E-state index in [-0.39, 0.29) is 17.2 Å². The van der Waals surface area contributed by atoms with Crippen molar-refractivity contribution in [3.63, 3.8) is 0 Å². The van der Waals surface area contributed by atoms with Crippen LogP contribution in [0.3, 0.4) is 0 Å². The number of carboxylic acids is 1. The number of alkyl halides is 4. The summed E-state index contributed by atoms with van der Waals surface area (Å²) in [5, 5.41) is 10.6. The Labute approximate surface area is 253 Å². The Bertz CT molecular complexity index is 1540. The highest BCUT2D eigenvalue weighted by Gasteiger charge is 2.38. The number of ether oxygens (including phenoxy) is 1. The number of piperidine rings is 1. The molecule has 0 unspecified atom stereocenters. The number of carbonyl (C=O) groups excluding carboxylic acids is 1. The summed E-state index contributed by atoms with van der Waals surface area (Å²) in [6, 6.07) is 5.07. The predicted octanol–water partition coefficient (Wildman–Crippen LogP) is 4.91. The number of rotatable bonds is 6. The number of benzene rings is 1. The Morgan fingerprint density at radius 2 is 1.67 bits per heavy atom. The van der Waals surface area contributed by atoms with Gasteiger partial charge in [0, 0.05) is 50.0 Å². The van der Waals surface area contributed by atoms with Crippen molar-refractivity contribution in [1.29, 1.82) is 0 Å². The SMILES string of the molecule is O=C(O)C(F)(F)F.O=C(c1nccc2nc(NC3CC3)c(N3CCC([C@H](F)c4ccc(F)cc4F)CC3)nc12)N1CCOCC1. The second-order valence-electron chi connectivity index (χ2n) is 10.9. The molecule has 0 radical (unpaired) electrons. The van der Waals surface area contributed by atoms with Crippen molar-refractivity contribution in [3.8, 4) is 0 Å². The Kier molecular flexibility index (Phi) is 9.60. The Morgan fingerprint density at radius 3 is 2.27 bits per heavy atom. The summed E-state index contributed by atoms with van der Waals surface area (Å²) in [5.41, 5.74) is 1.15. The van der Waals surface area contributed by atoms with Gasteiger partial charge < -0.3 is 25.0 Å². The van der Waals surface area contributed by atoms with Gasteiger partial charge in [0.15, 0.2) is 17.3 Å². The lowest BCUT2D eigenvalue weighted by atomic mass is 9.88. The molecule has 3 fully saturated rings. The molecule has 0 spiro atoms. The highest BCUT2D eigenvalue weighted by Crippen LogP contribution is 2.38. The van der Waals surface area contributed by atoms with Gasteiger partial charge >= 0.3 is 12.1 Å². The predicted molar refractivity (Wildman–Crippen MR) is 150 cm³/mol. The molecule has 1 amide bonds. The molecule has 1 saturated carbocycles. The molecule has 16 heteroatoms. The fourth-order valence-corrected chi connectivity index (χ4v) is 5.17. The fourth-order valence-electron chi connectivity index (χ4n) is 5.17. The number of nitrogens with one attached hydrogen (secondary N) is 1. The van der Waals surface area contributed by atoms with Gasteiger partial charge in [-0.15, -0.1) is 0 Å². The number of hydrogen-bond donors (Lipinski definition) is 2. The lowest BCUT2D eigenvalue weighted by molar-refractivity contribution is -0.192. The molecule has 4 heterocycles. The van der Waals surface area contributed by atoms with E-state index in [1.165, 1.54) is 6.07 Å². The van der Waals surface area contributed by atoms with Gasteiger partial charge in [-0.05, 0) is 43.7 Å². The first-order valence-corrected chi connectivity index (χ1v) is 14.4. The molecular formula is C29H30F6N6O4. The number of carbonyl (C=O) groups is 2. The molecule has 242 valence electrons. The lowest BCUT2D eigenvalue weighted by Crippen LogP contribution is -2.41. The Hall–Kier alpha value is -4.21. The van der Waals surface area contributed by atoms with Crippen LogP contribution in [-0.4, -0.2) is 88.4 Å². The van der Waals surface area contributed by atoms with Gasteiger partial charge in [-0.1, -0.05) is 6.07 Å². The standard InChI is InChI=1S/C27H29F3N6O2.C2HF3O2/c28-17-1-4-19(20(29)15-17)22(30)16-6-9-35(10-7-16)26-25(32-18-2-3-18)33-21-5-8-31-24(23(21)34-26)27(37)36-11-13-38-14-12-36;3-2(4,5)1(6)7/h1,4-5,8,15-16,18,22H,2-3,6-7,9-14H2,(H,32,33);(H,6,7)/t22-;/m0./s1. The molecule has 1 aromatic carbocycles. The maximum Gasteiger partial charge on any atom is 0.490 e. The minimum atomic E-state index is -5.08. The molecule has 2 N–H and O–H groups in total. The number of aromatic nitrogens is 3. The number of halogens is 6. The number of amides is 1. The first-order chi connectivity index (χ1) is 21.4. The van der Waals surface area contributed by atoms with Crippen molar-refractivity contribution in [1.82, 2.24) is 19.9 Å². The van der Waals surface area contributed by atoms with Crippen molar-refractivity contribution in [2.24, 2.45) is 5.92 Å². The van der Waals surface area contributed by atoms with Crippen LogP contribution in [0.4, 0.5) is 38.0 Å².